The number of hydrogen-bond donors (Lipinski definition) is 0. The second-order valence-electron chi connectivity index (χ2n) is 19.4. The van der Waals surface area contributed by atoms with E-state index >= 15 is 0 Å². The van der Waals surface area contributed by atoms with E-state index in [1.165, 1.54) is 231 Å². The first-order valence-electron chi connectivity index (χ1n) is 27.5. The van der Waals surface area contributed by atoms with Gasteiger partial charge >= 0.3 is 0 Å². The van der Waals surface area contributed by atoms with Crippen molar-refractivity contribution >= 4 is 0 Å². The third-order valence-corrected chi connectivity index (χ3v) is 14.0. The van der Waals surface area contributed by atoms with Gasteiger partial charge in [-0.05, 0) is 94.3 Å². The van der Waals surface area contributed by atoms with Gasteiger partial charge in [-0.3, -0.25) is 0 Å². The van der Waals surface area contributed by atoms with Crippen LogP contribution < -0.4 is 0 Å². The molecule has 1 rings (SSSR count). The van der Waals surface area contributed by atoms with E-state index in [2.05, 4.69) is 33.9 Å². The van der Waals surface area contributed by atoms with Crippen LogP contribution in [0.5, 0.6) is 0 Å². The van der Waals surface area contributed by atoms with Crippen molar-refractivity contribution in [2.45, 2.75) is 290 Å². The Kier molecular flexibility index (Phi) is 44.3. The Morgan fingerprint density at radius 1 is 0.400 bits per heavy atom. The lowest BCUT2D eigenvalue weighted by molar-refractivity contribution is -0.325. The van der Waals surface area contributed by atoms with E-state index in [0.717, 1.165) is 75.6 Å². The lowest BCUT2D eigenvalue weighted by Crippen LogP contribution is -2.35. The summed E-state index contributed by atoms with van der Waals surface area (Å²) in [6, 6.07) is 0. The number of rotatable bonds is 49. The molecule has 0 bridgehead atoms. The van der Waals surface area contributed by atoms with Gasteiger partial charge in [-0.2, -0.15) is 0 Å². The molecule has 0 aromatic carbocycles. The summed E-state index contributed by atoms with van der Waals surface area (Å²) in [6.45, 7) is 17.0. The molecule has 0 radical (unpaired) electrons. The Hall–Kier alpha value is -0.680. The molecule has 5 atom stereocenters. The third kappa shape index (κ3) is 34.8. The summed E-state index contributed by atoms with van der Waals surface area (Å²) < 4.78 is 0. The van der Waals surface area contributed by atoms with Gasteiger partial charge in [0.05, 0.1) is 25.9 Å². The molecular formula is C56H108O4. The zero-order chi connectivity index (χ0) is 43.2. The number of hydrogen-bond acceptors (Lipinski definition) is 4. The summed E-state index contributed by atoms with van der Waals surface area (Å²) in [4.78, 5) is 22.6. The standard InChI is InChI=1S/C56H108O4/c1-6-11-15-19-21-22-23-30-38-49-57-58-50-39-31-25-29-37-46-56-53(48-47-52(42-33-18-14-9-4)55(56)45-36-28-20-16-12-7-2)43-34-27-24-32-40-51-59-60-54(41-10-5)44-35-26-17-13-8-3/h6,10,52-56H,1,5,7-9,11-51H2,2-4H3. The summed E-state index contributed by atoms with van der Waals surface area (Å²) in [7, 11) is 0. The smallest absolute Gasteiger partial charge is 0.0964 e. The molecule has 5 unspecified atom stereocenters. The molecule has 0 spiro atoms. The maximum Gasteiger partial charge on any atom is 0.0964 e. The predicted octanol–water partition coefficient (Wildman–Crippen LogP) is 19.2. The molecule has 0 amide bonds. The fourth-order valence-corrected chi connectivity index (χ4v) is 10.3. The van der Waals surface area contributed by atoms with Crippen molar-refractivity contribution < 1.29 is 19.6 Å². The van der Waals surface area contributed by atoms with E-state index in [4.69, 9.17) is 19.6 Å². The summed E-state index contributed by atoms with van der Waals surface area (Å²) in [5.41, 5.74) is 0. The lowest BCUT2D eigenvalue weighted by atomic mass is 9.61. The van der Waals surface area contributed by atoms with Crippen molar-refractivity contribution in [3.63, 3.8) is 0 Å². The Labute approximate surface area is 377 Å². The van der Waals surface area contributed by atoms with Crippen molar-refractivity contribution in [1.82, 2.24) is 0 Å². The monoisotopic (exact) mass is 845 g/mol. The summed E-state index contributed by atoms with van der Waals surface area (Å²) in [5.74, 6) is 3.87. The van der Waals surface area contributed by atoms with Gasteiger partial charge in [0.15, 0.2) is 0 Å². The van der Waals surface area contributed by atoms with Gasteiger partial charge in [0, 0.05) is 0 Å². The first-order valence-corrected chi connectivity index (χ1v) is 27.5. The van der Waals surface area contributed by atoms with E-state index in [1.54, 1.807) is 0 Å². The predicted molar refractivity (Wildman–Crippen MR) is 263 cm³/mol. The molecule has 0 heterocycles. The van der Waals surface area contributed by atoms with Gasteiger partial charge in [-0.15, -0.1) is 13.2 Å². The SMILES string of the molecule is C=CCCCCCCCCCOOCCCCCCCC1C(CCCCCCCOOC(CC=C)CCCCCCC)CCC(CCCCCC)C1CCCCCCCC. The van der Waals surface area contributed by atoms with Crippen LogP contribution in [0.25, 0.3) is 0 Å². The molecule has 0 aromatic heterocycles. The molecule has 0 aromatic rings. The van der Waals surface area contributed by atoms with Crippen molar-refractivity contribution in [2.75, 3.05) is 19.8 Å². The molecule has 0 N–H and O–H groups in total. The topological polar surface area (TPSA) is 36.9 Å². The highest BCUT2D eigenvalue weighted by Crippen LogP contribution is 2.48. The second-order valence-corrected chi connectivity index (χ2v) is 19.4. The van der Waals surface area contributed by atoms with Gasteiger partial charge in [0.1, 0.15) is 0 Å². The number of allylic oxidation sites excluding steroid dienone is 1. The molecular weight excluding hydrogens is 737 g/mol. The fraction of sp³-hybridized carbons (Fsp3) is 0.929. The molecule has 60 heavy (non-hydrogen) atoms. The molecule has 4 nitrogen and oxygen atoms in total. The first kappa shape index (κ1) is 57.3. The summed E-state index contributed by atoms with van der Waals surface area (Å²) >= 11 is 0. The molecule has 1 aliphatic carbocycles. The Morgan fingerprint density at radius 2 is 0.767 bits per heavy atom. The molecule has 356 valence electrons. The Morgan fingerprint density at radius 3 is 1.22 bits per heavy atom. The van der Waals surface area contributed by atoms with E-state index in [-0.39, 0.29) is 6.10 Å². The van der Waals surface area contributed by atoms with Crippen molar-refractivity contribution in [2.24, 2.45) is 23.7 Å². The zero-order valence-corrected chi connectivity index (χ0v) is 41.2. The van der Waals surface area contributed by atoms with Crippen LogP contribution >= 0.6 is 0 Å². The highest BCUT2D eigenvalue weighted by Gasteiger charge is 2.37. The van der Waals surface area contributed by atoms with Gasteiger partial charge in [0.2, 0.25) is 0 Å². The minimum atomic E-state index is 0.172. The van der Waals surface area contributed by atoms with Crippen LogP contribution in [0, 0.1) is 23.7 Å². The average molecular weight is 845 g/mol. The second kappa shape index (κ2) is 46.3. The van der Waals surface area contributed by atoms with Crippen LogP contribution in [0.4, 0.5) is 0 Å². The van der Waals surface area contributed by atoms with Gasteiger partial charge in [-0.1, -0.05) is 226 Å². The van der Waals surface area contributed by atoms with Gasteiger partial charge < -0.3 is 0 Å². The van der Waals surface area contributed by atoms with Gasteiger partial charge in [-0.25, -0.2) is 19.6 Å². The van der Waals surface area contributed by atoms with E-state index < -0.39 is 0 Å². The highest BCUT2D eigenvalue weighted by molar-refractivity contribution is 4.88. The Balaban J connectivity index is 2.50. The minimum Gasteiger partial charge on any atom is -0.237 e. The van der Waals surface area contributed by atoms with Crippen molar-refractivity contribution in [1.29, 1.82) is 0 Å². The third-order valence-electron chi connectivity index (χ3n) is 14.0. The van der Waals surface area contributed by atoms with Crippen LogP contribution in [-0.4, -0.2) is 25.9 Å². The highest BCUT2D eigenvalue weighted by atomic mass is 17.2. The summed E-state index contributed by atoms with van der Waals surface area (Å²) in [6.07, 6.45) is 59.2. The number of unbranched alkanes of at least 4 members (excludes halogenated alkanes) is 27. The van der Waals surface area contributed by atoms with Crippen molar-refractivity contribution in [3.8, 4) is 0 Å². The summed E-state index contributed by atoms with van der Waals surface area (Å²) in [5, 5.41) is 0. The van der Waals surface area contributed by atoms with E-state index in [1.807, 2.05) is 12.2 Å². The molecule has 1 aliphatic rings. The average Bonchev–Trinajstić information content (AvgIpc) is 3.26. The van der Waals surface area contributed by atoms with Crippen LogP contribution in [0.2, 0.25) is 0 Å². The van der Waals surface area contributed by atoms with Crippen LogP contribution in [0.1, 0.15) is 284 Å². The van der Waals surface area contributed by atoms with Crippen molar-refractivity contribution in [3.05, 3.63) is 25.3 Å². The van der Waals surface area contributed by atoms with Crippen LogP contribution in [-0.2, 0) is 19.6 Å². The first-order chi connectivity index (χ1) is 29.7. The van der Waals surface area contributed by atoms with Gasteiger partial charge in [0.25, 0.3) is 0 Å². The molecule has 0 saturated heterocycles. The van der Waals surface area contributed by atoms with E-state index in [0.29, 0.717) is 0 Å². The fourth-order valence-electron chi connectivity index (χ4n) is 10.3. The molecule has 1 fully saturated rings. The maximum atomic E-state index is 5.83. The molecule has 0 aliphatic heterocycles. The zero-order valence-electron chi connectivity index (χ0n) is 41.2. The normalized spacial score (nSPS) is 18.6. The molecule has 4 heteroatoms. The minimum absolute atomic E-state index is 0.172. The largest absolute Gasteiger partial charge is 0.237 e. The lowest BCUT2D eigenvalue weighted by Gasteiger charge is -2.44. The Bertz CT molecular complexity index is 860. The van der Waals surface area contributed by atoms with Crippen LogP contribution in [0.15, 0.2) is 25.3 Å². The quantitative estimate of drug-likeness (QED) is 0.0265. The van der Waals surface area contributed by atoms with Crippen LogP contribution in [0.3, 0.4) is 0 Å². The van der Waals surface area contributed by atoms with E-state index in [9.17, 15) is 0 Å². The molecule has 1 saturated carbocycles. The maximum absolute atomic E-state index is 5.83.